The van der Waals surface area contributed by atoms with Gasteiger partial charge in [0.25, 0.3) is 5.91 Å². The Hall–Kier alpha value is -2.24. The van der Waals surface area contributed by atoms with Crippen molar-refractivity contribution < 1.29 is 14.3 Å². The SMILES string of the molecule is COc1cccc(C(=O)N2CCC3(CC2)CN(c2cccc(Cl)c2)C3=O)c1Cl. The summed E-state index contributed by atoms with van der Waals surface area (Å²) in [4.78, 5) is 29.3. The maximum Gasteiger partial charge on any atom is 0.255 e. The second-order valence-corrected chi connectivity index (χ2v) is 8.08. The van der Waals surface area contributed by atoms with Gasteiger partial charge >= 0.3 is 0 Å². The molecule has 2 amide bonds. The summed E-state index contributed by atoms with van der Waals surface area (Å²) in [5.41, 5.74) is 0.874. The number of anilines is 1. The van der Waals surface area contributed by atoms with Crippen molar-refractivity contribution in [1.82, 2.24) is 4.90 Å². The van der Waals surface area contributed by atoms with E-state index in [2.05, 4.69) is 0 Å². The predicted octanol–water partition coefficient (Wildman–Crippen LogP) is 4.27. The van der Waals surface area contributed by atoms with Crippen molar-refractivity contribution in [2.75, 3.05) is 31.6 Å². The van der Waals surface area contributed by atoms with Gasteiger partial charge in [0, 0.05) is 30.3 Å². The molecule has 2 aliphatic heterocycles. The van der Waals surface area contributed by atoms with E-state index in [1.807, 2.05) is 12.1 Å². The number of halogens is 2. The average Bonchev–Trinajstić information content (AvgIpc) is 2.72. The van der Waals surface area contributed by atoms with Crippen molar-refractivity contribution in [2.24, 2.45) is 5.41 Å². The van der Waals surface area contributed by atoms with Crippen LogP contribution in [0.1, 0.15) is 23.2 Å². The molecule has 5 nitrogen and oxygen atoms in total. The van der Waals surface area contributed by atoms with Crippen LogP contribution in [0, 0.1) is 5.41 Å². The molecule has 2 fully saturated rings. The molecule has 0 unspecified atom stereocenters. The van der Waals surface area contributed by atoms with Crippen molar-refractivity contribution in [3.63, 3.8) is 0 Å². The van der Waals surface area contributed by atoms with Crippen molar-refractivity contribution in [3.05, 3.63) is 58.1 Å². The van der Waals surface area contributed by atoms with Crippen LogP contribution in [0.2, 0.25) is 10.0 Å². The van der Waals surface area contributed by atoms with Gasteiger partial charge in [-0.3, -0.25) is 9.59 Å². The van der Waals surface area contributed by atoms with Gasteiger partial charge in [-0.15, -0.1) is 0 Å². The zero-order chi connectivity index (χ0) is 19.9. The molecule has 2 aromatic rings. The summed E-state index contributed by atoms with van der Waals surface area (Å²) in [5, 5.41) is 0.934. The average molecular weight is 419 g/mol. The van der Waals surface area contributed by atoms with Gasteiger partial charge in [-0.1, -0.05) is 35.3 Å². The summed E-state index contributed by atoms with van der Waals surface area (Å²) in [6, 6.07) is 12.5. The number of methoxy groups -OCH3 is 1. The molecule has 7 heteroatoms. The van der Waals surface area contributed by atoms with Gasteiger partial charge in [0.05, 0.1) is 23.1 Å². The third kappa shape index (κ3) is 3.12. The van der Waals surface area contributed by atoms with Crippen LogP contribution in [-0.4, -0.2) is 43.5 Å². The Morgan fingerprint density at radius 1 is 1.11 bits per heavy atom. The maximum atomic E-state index is 12.9. The summed E-state index contributed by atoms with van der Waals surface area (Å²) in [6.45, 7) is 1.72. The van der Waals surface area contributed by atoms with Gasteiger partial charge in [-0.25, -0.2) is 0 Å². The topological polar surface area (TPSA) is 49.9 Å². The molecule has 4 rings (SSSR count). The molecule has 0 bridgehead atoms. The molecular formula is C21H20Cl2N2O3. The Morgan fingerprint density at radius 2 is 1.82 bits per heavy atom. The number of β-lactam (4-membered cyclic amide) rings is 1. The minimum absolute atomic E-state index is 0.112. The molecule has 2 aromatic carbocycles. The molecule has 1 spiro atoms. The number of amides is 2. The standard InChI is InChI=1S/C21H20Cl2N2O3/c1-28-17-7-3-6-16(18(17)23)19(26)24-10-8-21(9-11-24)13-25(20(21)27)15-5-2-4-14(22)12-15/h2-7,12H,8-11,13H2,1H3. The summed E-state index contributed by atoms with van der Waals surface area (Å²) in [7, 11) is 1.52. The second kappa shape index (κ2) is 7.30. The third-order valence-electron chi connectivity index (χ3n) is 5.70. The summed E-state index contributed by atoms with van der Waals surface area (Å²) in [5.74, 6) is 0.464. The Labute approximate surface area is 173 Å². The highest BCUT2D eigenvalue weighted by molar-refractivity contribution is 6.35. The molecular weight excluding hydrogens is 399 g/mol. The van der Waals surface area contributed by atoms with Crippen molar-refractivity contribution in [3.8, 4) is 5.75 Å². The number of carbonyl (C=O) groups excluding carboxylic acids is 2. The number of carbonyl (C=O) groups is 2. The predicted molar refractivity (Wildman–Crippen MR) is 109 cm³/mol. The Morgan fingerprint density at radius 3 is 2.46 bits per heavy atom. The van der Waals surface area contributed by atoms with E-state index in [1.54, 1.807) is 40.1 Å². The number of hydrogen-bond donors (Lipinski definition) is 0. The zero-order valence-electron chi connectivity index (χ0n) is 15.5. The van der Waals surface area contributed by atoms with E-state index in [0.717, 1.165) is 5.69 Å². The number of rotatable bonds is 3. The van der Waals surface area contributed by atoms with Crippen LogP contribution < -0.4 is 9.64 Å². The first kappa shape index (κ1) is 19.1. The summed E-state index contributed by atoms with van der Waals surface area (Å²) < 4.78 is 5.20. The van der Waals surface area contributed by atoms with Crippen LogP contribution in [0.25, 0.3) is 0 Å². The van der Waals surface area contributed by atoms with Gasteiger partial charge in [0.1, 0.15) is 5.75 Å². The number of nitrogens with zero attached hydrogens (tertiary/aromatic N) is 2. The molecule has 0 N–H and O–H groups in total. The minimum Gasteiger partial charge on any atom is -0.495 e. The van der Waals surface area contributed by atoms with Crippen molar-refractivity contribution in [2.45, 2.75) is 12.8 Å². The van der Waals surface area contributed by atoms with Crippen LogP contribution in [0.3, 0.4) is 0 Å². The number of benzene rings is 2. The van der Waals surface area contributed by atoms with Crippen molar-refractivity contribution >= 4 is 40.7 Å². The maximum absolute atomic E-state index is 12.9. The minimum atomic E-state index is -0.378. The van der Waals surface area contributed by atoms with E-state index in [0.29, 0.717) is 53.8 Å². The highest BCUT2D eigenvalue weighted by atomic mass is 35.5. The van der Waals surface area contributed by atoms with E-state index in [-0.39, 0.29) is 17.2 Å². The molecule has 0 aromatic heterocycles. The van der Waals surface area contributed by atoms with Crippen molar-refractivity contribution in [1.29, 1.82) is 0 Å². The van der Waals surface area contributed by atoms with Crippen LogP contribution in [-0.2, 0) is 4.79 Å². The lowest BCUT2D eigenvalue weighted by Crippen LogP contribution is -2.65. The lowest BCUT2D eigenvalue weighted by atomic mass is 9.70. The zero-order valence-corrected chi connectivity index (χ0v) is 17.0. The molecule has 0 radical (unpaired) electrons. The smallest absolute Gasteiger partial charge is 0.255 e. The fourth-order valence-corrected chi connectivity index (χ4v) is 4.47. The molecule has 2 heterocycles. The first-order valence-corrected chi connectivity index (χ1v) is 9.90. The van der Waals surface area contributed by atoms with Gasteiger partial charge in [-0.05, 0) is 43.2 Å². The van der Waals surface area contributed by atoms with Crippen LogP contribution in [0.15, 0.2) is 42.5 Å². The van der Waals surface area contributed by atoms with Gasteiger partial charge in [0.15, 0.2) is 0 Å². The molecule has 28 heavy (non-hydrogen) atoms. The van der Waals surface area contributed by atoms with Gasteiger partial charge < -0.3 is 14.5 Å². The largest absolute Gasteiger partial charge is 0.495 e. The number of ether oxygens (including phenoxy) is 1. The molecule has 146 valence electrons. The summed E-state index contributed by atoms with van der Waals surface area (Å²) in [6.07, 6.45) is 1.30. The number of likely N-dealkylation sites (tertiary alicyclic amines) is 1. The quantitative estimate of drug-likeness (QED) is 0.699. The highest BCUT2D eigenvalue weighted by Gasteiger charge is 2.54. The third-order valence-corrected chi connectivity index (χ3v) is 6.33. The molecule has 2 saturated heterocycles. The van der Waals surface area contributed by atoms with Gasteiger partial charge in [0.2, 0.25) is 5.91 Å². The Bertz CT molecular complexity index is 939. The number of hydrogen-bond acceptors (Lipinski definition) is 3. The monoisotopic (exact) mass is 418 g/mol. The Kier molecular flexibility index (Phi) is 4.98. The molecule has 0 aliphatic carbocycles. The molecule has 2 aliphatic rings. The van der Waals surface area contributed by atoms with Crippen LogP contribution >= 0.6 is 23.2 Å². The lowest BCUT2D eigenvalue weighted by molar-refractivity contribution is -0.138. The summed E-state index contributed by atoms with van der Waals surface area (Å²) >= 11 is 12.3. The van der Waals surface area contributed by atoms with E-state index in [1.165, 1.54) is 7.11 Å². The highest BCUT2D eigenvalue weighted by Crippen LogP contribution is 2.44. The lowest BCUT2D eigenvalue weighted by Gasteiger charge is -2.52. The molecule has 0 atom stereocenters. The van der Waals surface area contributed by atoms with E-state index in [4.69, 9.17) is 27.9 Å². The second-order valence-electron chi connectivity index (χ2n) is 7.27. The fourth-order valence-electron chi connectivity index (χ4n) is 4.00. The van der Waals surface area contributed by atoms with Gasteiger partial charge in [-0.2, -0.15) is 0 Å². The molecule has 0 saturated carbocycles. The fraction of sp³-hybridized carbons (Fsp3) is 0.333. The van der Waals surface area contributed by atoms with E-state index < -0.39 is 0 Å². The first-order valence-electron chi connectivity index (χ1n) is 9.14. The van der Waals surface area contributed by atoms with E-state index >= 15 is 0 Å². The van der Waals surface area contributed by atoms with Crippen LogP contribution in [0.5, 0.6) is 5.75 Å². The number of piperidine rings is 1. The van der Waals surface area contributed by atoms with E-state index in [9.17, 15) is 9.59 Å². The normalized spacial score (nSPS) is 18.2. The Balaban J connectivity index is 1.43. The first-order chi connectivity index (χ1) is 13.4. The van der Waals surface area contributed by atoms with Crippen LogP contribution in [0.4, 0.5) is 5.69 Å².